The van der Waals surface area contributed by atoms with E-state index in [1.54, 1.807) is 16.8 Å². The van der Waals surface area contributed by atoms with E-state index in [0.717, 1.165) is 21.1 Å². The van der Waals surface area contributed by atoms with Crippen LogP contribution in [-0.2, 0) is 7.05 Å². The van der Waals surface area contributed by atoms with Crippen molar-refractivity contribution in [3.8, 4) is 0 Å². The van der Waals surface area contributed by atoms with Crippen molar-refractivity contribution >= 4 is 38.4 Å². The van der Waals surface area contributed by atoms with Crippen molar-refractivity contribution < 1.29 is 4.79 Å². The lowest BCUT2D eigenvalue weighted by molar-refractivity contribution is 0.101. The van der Waals surface area contributed by atoms with Crippen molar-refractivity contribution in [1.82, 2.24) is 9.55 Å². The Morgan fingerprint density at radius 2 is 2.15 bits per heavy atom. The zero-order valence-corrected chi connectivity index (χ0v) is 12.4. The van der Waals surface area contributed by atoms with E-state index in [9.17, 15) is 4.79 Å². The zero-order chi connectivity index (χ0) is 14.1. The predicted molar refractivity (Wildman–Crippen MR) is 82.8 cm³/mol. The average Bonchev–Trinajstić information content (AvgIpc) is 2.78. The molecular formula is C15H12BrN3O. The number of amides is 1. The van der Waals surface area contributed by atoms with Crippen molar-refractivity contribution in [2.24, 2.45) is 7.05 Å². The summed E-state index contributed by atoms with van der Waals surface area (Å²) in [5, 5.41) is 3.89. The molecule has 0 spiro atoms. The highest BCUT2D eigenvalue weighted by atomic mass is 79.9. The Morgan fingerprint density at radius 3 is 2.90 bits per heavy atom. The number of carbonyl (C=O) groups excluding carboxylic acids is 1. The van der Waals surface area contributed by atoms with Crippen LogP contribution in [0.3, 0.4) is 0 Å². The summed E-state index contributed by atoms with van der Waals surface area (Å²) in [7, 11) is 1.84. The molecule has 1 amide bonds. The van der Waals surface area contributed by atoms with Crippen LogP contribution in [0.25, 0.3) is 10.9 Å². The summed E-state index contributed by atoms with van der Waals surface area (Å²) in [6, 6.07) is 11.3. The number of hydrogen-bond donors (Lipinski definition) is 1. The monoisotopic (exact) mass is 329 g/mol. The van der Waals surface area contributed by atoms with Crippen LogP contribution in [-0.4, -0.2) is 15.5 Å². The molecule has 100 valence electrons. The smallest absolute Gasteiger partial charge is 0.272 e. The van der Waals surface area contributed by atoms with Gasteiger partial charge in [0.15, 0.2) is 0 Å². The van der Waals surface area contributed by atoms with E-state index in [1.807, 2.05) is 43.6 Å². The fraction of sp³-hybridized carbons (Fsp3) is 0.0667. The number of aryl methyl sites for hydroxylation is 1. The molecule has 0 fully saturated rings. The van der Waals surface area contributed by atoms with E-state index in [2.05, 4.69) is 26.2 Å². The van der Waals surface area contributed by atoms with E-state index in [1.165, 1.54) is 0 Å². The molecule has 3 rings (SSSR count). The largest absolute Gasteiger partial charge is 0.345 e. The van der Waals surface area contributed by atoms with Crippen LogP contribution in [0.5, 0.6) is 0 Å². The van der Waals surface area contributed by atoms with Gasteiger partial charge in [0.05, 0.1) is 5.52 Å². The Balaban J connectivity index is 1.89. The maximum Gasteiger partial charge on any atom is 0.272 e. The topological polar surface area (TPSA) is 46.9 Å². The summed E-state index contributed by atoms with van der Waals surface area (Å²) in [6.45, 7) is 0. The zero-order valence-electron chi connectivity index (χ0n) is 10.8. The highest BCUT2D eigenvalue weighted by Gasteiger charge is 2.11. The van der Waals surface area contributed by atoms with E-state index in [-0.39, 0.29) is 5.91 Å². The molecule has 0 bridgehead atoms. The van der Waals surface area contributed by atoms with Gasteiger partial charge in [0.25, 0.3) is 5.91 Å². The molecule has 0 aliphatic rings. The Hall–Kier alpha value is -2.14. The third-order valence-electron chi connectivity index (χ3n) is 3.07. The summed E-state index contributed by atoms with van der Waals surface area (Å²) in [6.07, 6.45) is 3.60. The number of rotatable bonds is 2. The van der Waals surface area contributed by atoms with Gasteiger partial charge in [-0.25, -0.2) is 0 Å². The van der Waals surface area contributed by atoms with Gasteiger partial charge in [-0.05, 0) is 46.3 Å². The Labute approximate surface area is 124 Å². The number of anilines is 1. The Morgan fingerprint density at radius 1 is 1.30 bits per heavy atom. The highest BCUT2D eigenvalue weighted by molar-refractivity contribution is 9.10. The molecule has 0 saturated heterocycles. The first-order chi connectivity index (χ1) is 9.63. The van der Waals surface area contributed by atoms with Crippen molar-refractivity contribution in [1.29, 1.82) is 0 Å². The molecule has 0 aliphatic carbocycles. The molecule has 4 nitrogen and oxygen atoms in total. The van der Waals surface area contributed by atoms with Crippen LogP contribution in [0, 0.1) is 0 Å². The maximum atomic E-state index is 12.2. The van der Waals surface area contributed by atoms with Gasteiger partial charge in [0.1, 0.15) is 5.69 Å². The molecule has 0 radical (unpaired) electrons. The van der Waals surface area contributed by atoms with Crippen LogP contribution >= 0.6 is 15.9 Å². The second-order valence-corrected chi connectivity index (χ2v) is 5.44. The van der Waals surface area contributed by atoms with Gasteiger partial charge < -0.3 is 9.88 Å². The lowest BCUT2D eigenvalue weighted by Crippen LogP contribution is -2.15. The first-order valence-corrected chi connectivity index (χ1v) is 6.91. The first kappa shape index (κ1) is 12.9. The number of aromatic nitrogens is 2. The van der Waals surface area contributed by atoms with Crippen molar-refractivity contribution in [2.75, 3.05) is 5.32 Å². The molecular weight excluding hydrogens is 318 g/mol. The molecule has 0 atom stereocenters. The lowest BCUT2D eigenvalue weighted by Gasteiger charge is -2.07. The molecule has 0 aliphatic heterocycles. The molecule has 2 aromatic heterocycles. The minimum atomic E-state index is -0.138. The Kier molecular flexibility index (Phi) is 3.28. The number of halogens is 1. The molecule has 0 saturated carbocycles. The fourth-order valence-corrected chi connectivity index (χ4v) is 2.62. The highest BCUT2D eigenvalue weighted by Crippen LogP contribution is 2.19. The van der Waals surface area contributed by atoms with Crippen molar-refractivity contribution in [3.05, 3.63) is 59.0 Å². The molecule has 1 aromatic carbocycles. The quantitative estimate of drug-likeness (QED) is 0.781. The molecule has 2 heterocycles. The van der Waals surface area contributed by atoms with Gasteiger partial charge in [0, 0.05) is 35.0 Å². The van der Waals surface area contributed by atoms with Crippen LogP contribution in [0.15, 0.2) is 53.3 Å². The Bertz CT molecular complexity index is 795. The van der Waals surface area contributed by atoms with Crippen LogP contribution in [0.4, 0.5) is 5.69 Å². The van der Waals surface area contributed by atoms with Gasteiger partial charge >= 0.3 is 0 Å². The minimum absolute atomic E-state index is 0.138. The minimum Gasteiger partial charge on any atom is -0.345 e. The van der Waals surface area contributed by atoms with Gasteiger partial charge in [-0.2, -0.15) is 0 Å². The lowest BCUT2D eigenvalue weighted by atomic mass is 10.2. The van der Waals surface area contributed by atoms with E-state index >= 15 is 0 Å². The third kappa shape index (κ3) is 2.44. The van der Waals surface area contributed by atoms with Gasteiger partial charge in [-0.3, -0.25) is 9.78 Å². The average molecular weight is 330 g/mol. The molecule has 1 N–H and O–H groups in total. The maximum absolute atomic E-state index is 12.2. The number of fused-ring (bicyclic) bond motifs is 1. The normalized spacial score (nSPS) is 10.7. The SMILES string of the molecule is Cn1cc(Br)cc1C(=O)Nc1ccc2ncccc2c1. The molecule has 3 aromatic rings. The van der Waals surface area contributed by atoms with Gasteiger partial charge in [0.2, 0.25) is 0 Å². The third-order valence-corrected chi connectivity index (χ3v) is 3.50. The molecule has 20 heavy (non-hydrogen) atoms. The van der Waals surface area contributed by atoms with Crippen LogP contribution < -0.4 is 5.32 Å². The fourth-order valence-electron chi connectivity index (χ4n) is 2.10. The van der Waals surface area contributed by atoms with Crippen molar-refractivity contribution in [3.63, 3.8) is 0 Å². The van der Waals surface area contributed by atoms with E-state index < -0.39 is 0 Å². The number of hydrogen-bond acceptors (Lipinski definition) is 2. The summed E-state index contributed by atoms with van der Waals surface area (Å²) < 4.78 is 2.66. The summed E-state index contributed by atoms with van der Waals surface area (Å²) in [5.74, 6) is -0.138. The second-order valence-electron chi connectivity index (χ2n) is 4.52. The molecule has 0 unspecified atom stereocenters. The number of pyridine rings is 1. The van der Waals surface area contributed by atoms with Crippen molar-refractivity contribution in [2.45, 2.75) is 0 Å². The number of nitrogens with zero attached hydrogens (tertiary/aromatic N) is 2. The summed E-state index contributed by atoms with van der Waals surface area (Å²) in [4.78, 5) is 16.5. The van der Waals surface area contributed by atoms with Gasteiger partial charge in [-0.15, -0.1) is 0 Å². The predicted octanol–water partition coefficient (Wildman–Crippen LogP) is 3.59. The number of nitrogens with one attached hydrogen (secondary N) is 1. The van der Waals surface area contributed by atoms with Crippen LogP contribution in [0.1, 0.15) is 10.5 Å². The van der Waals surface area contributed by atoms with Crippen LogP contribution in [0.2, 0.25) is 0 Å². The summed E-state index contributed by atoms with van der Waals surface area (Å²) >= 11 is 3.36. The van der Waals surface area contributed by atoms with E-state index in [4.69, 9.17) is 0 Å². The number of benzene rings is 1. The van der Waals surface area contributed by atoms with E-state index in [0.29, 0.717) is 5.69 Å². The standard InChI is InChI=1S/C15H12BrN3O/c1-19-9-11(16)8-14(19)15(20)18-12-4-5-13-10(7-12)3-2-6-17-13/h2-9H,1H3,(H,18,20). The second kappa shape index (κ2) is 5.09. The number of carbonyl (C=O) groups is 1. The first-order valence-electron chi connectivity index (χ1n) is 6.11. The van der Waals surface area contributed by atoms with Gasteiger partial charge in [-0.1, -0.05) is 6.07 Å². The molecule has 5 heteroatoms. The summed E-state index contributed by atoms with van der Waals surface area (Å²) in [5.41, 5.74) is 2.27.